The second-order valence-corrected chi connectivity index (χ2v) is 9.72. The molecule has 2 aromatic rings. The van der Waals surface area contributed by atoms with Crippen LogP contribution in [0.4, 0.5) is 10.9 Å². The van der Waals surface area contributed by atoms with Crippen LogP contribution in [0.2, 0.25) is 0 Å². The van der Waals surface area contributed by atoms with E-state index < -0.39 is 0 Å². The second kappa shape index (κ2) is 8.48. The Balaban J connectivity index is 1.47. The number of piperazine rings is 1. The molecule has 0 radical (unpaired) electrons. The minimum atomic E-state index is -0.361. The van der Waals surface area contributed by atoms with Crippen LogP contribution in [0.5, 0.6) is 0 Å². The number of carbonyl (C=O) groups excluding carboxylic acids is 2. The summed E-state index contributed by atoms with van der Waals surface area (Å²) in [5.74, 6) is 1.26. The zero-order valence-electron chi connectivity index (χ0n) is 16.4. The molecule has 0 bridgehead atoms. The first-order valence-corrected chi connectivity index (χ1v) is 10.8. The standard InChI is InChI=1S/C17H24N6O3S2/c1-11-9-12(21-26-11)18-13(24)10-27-16-20-19-15(28-16)23-7-5-22(6-8-23)14(25)17(2,3)4/h9H,5-8,10H2,1-4H3,(H,18,21,24). The quantitative estimate of drug-likeness (QED) is 0.729. The van der Waals surface area contributed by atoms with Gasteiger partial charge in [0.05, 0.1) is 5.75 Å². The monoisotopic (exact) mass is 424 g/mol. The highest BCUT2D eigenvalue weighted by Gasteiger charge is 2.30. The molecule has 0 spiro atoms. The molecule has 28 heavy (non-hydrogen) atoms. The van der Waals surface area contributed by atoms with E-state index in [9.17, 15) is 9.59 Å². The van der Waals surface area contributed by atoms with Crippen LogP contribution in [0.15, 0.2) is 14.9 Å². The van der Waals surface area contributed by atoms with Crippen LogP contribution < -0.4 is 10.2 Å². The molecule has 0 unspecified atom stereocenters. The van der Waals surface area contributed by atoms with E-state index in [-0.39, 0.29) is 23.0 Å². The minimum Gasteiger partial charge on any atom is -0.360 e. The van der Waals surface area contributed by atoms with Crippen LogP contribution in [0, 0.1) is 12.3 Å². The lowest BCUT2D eigenvalue weighted by molar-refractivity contribution is -0.139. The van der Waals surface area contributed by atoms with Crippen molar-refractivity contribution in [3.8, 4) is 0 Å². The Bertz CT molecular complexity index is 836. The Hall–Kier alpha value is -2.14. The SMILES string of the molecule is Cc1cc(NC(=O)CSc2nnc(N3CCN(C(=O)C(C)(C)C)CC3)s2)no1. The lowest BCUT2D eigenvalue weighted by atomic mass is 9.94. The zero-order chi connectivity index (χ0) is 20.3. The zero-order valence-corrected chi connectivity index (χ0v) is 18.0. The van der Waals surface area contributed by atoms with Crippen LogP contribution in [0.1, 0.15) is 26.5 Å². The van der Waals surface area contributed by atoms with Crippen molar-refractivity contribution in [2.45, 2.75) is 32.0 Å². The lowest BCUT2D eigenvalue weighted by Crippen LogP contribution is -2.51. The largest absolute Gasteiger partial charge is 0.360 e. The third-order valence-electron chi connectivity index (χ3n) is 4.10. The molecule has 3 rings (SSSR count). The summed E-state index contributed by atoms with van der Waals surface area (Å²) in [6.45, 7) is 10.4. The Labute approximate surface area is 171 Å². The van der Waals surface area contributed by atoms with E-state index in [0.717, 1.165) is 22.6 Å². The topological polar surface area (TPSA) is 104 Å². The summed E-state index contributed by atoms with van der Waals surface area (Å²) in [7, 11) is 0. The van der Waals surface area contributed by atoms with Gasteiger partial charge in [-0.3, -0.25) is 9.59 Å². The van der Waals surface area contributed by atoms with Crippen LogP contribution in [-0.2, 0) is 9.59 Å². The predicted molar refractivity (Wildman–Crippen MR) is 109 cm³/mol. The smallest absolute Gasteiger partial charge is 0.236 e. The second-order valence-electron chi connectivity index (χ2n) is 7.54. The fourth-order valence-corrected chi connectivity index (χ4v) is 4.39. The van der Waals surface area contributed by atoms with Gasteiger partial charge < -0.3 is 19.6 Å². The van der Waals surface area contributed by atoms with Gasteiger partial charge in [0.15, 0.2) is 10.2 Å². The fourth-order valence-electron chi connectivity index (χ4n) is 2.70. The molecular weight excluding hydrogens is 400 g/mol. The average Bonchev–Trinajstić information content (AvgIpc) is 3.28. The third kappa shape index (κ3) is 5.22. The van der Waals surface area contributed by atoms with E-state index >= 15 is 0 Å². The molecule has 0 atom stereocenters. The lowest BCUT2D eigenvalue weighted by Gasteiger charge is -2.37. The number of carbonyl (C=O) groups is 2. The molecule has 0 aliphatic carbocycles. The van der Waals surface area contributed by atoms with Gasteiger partial charge in [0.1, 0.15) is 5.76 Å². The number of thioether (sulfide) groups is 1. The number of hydrogen-bond donors (Lipinski definition) is 1. The van der Waals surface area contributed by atoms with Crippen LogP contribution >= 0.6 is 23.1 Å². The molecule has 1 N–H and O–H groups in total. The first kappa shape index (κ1) is 20.6. The molecule has 1 aliphatic rings. The number of amides is 2. The van der Waals surface area contributed by atoms with Gasteiger partial charge in [-0.1, -0.05) is 49.0 Å². The molecule has 152 valence electrons. The van der Waals surface area contributed by atoms with Gasteiger partial charge in [-0.15, -0.1) is 10.2 Å². The maximum Gasteiger partial charge on any atom is 0.236 e. The Morgan fingerprint density at radius 2 is 1.96 bits per heavy atom. The van der Waals surface area contributed by atoms with Gasteiger partial charge in [0.25, 0.3) is 0 Å². The molecule has 2 amide bonds. The van der Waals surface area contributed by atoms with Gasteiger partial charge in [0, 0.05) is 37.7 Å². The van der Waals surface area contributed by atoms with Gasteiger partial charge in [0.2, 0.25) is 16.9 Å². The van der Waals surface area contributed by atoms with Gasteiger partial charge in [-0.2, -0.15) is 0 Å². The number of hydrogen-bond acceptors (Lipinski definition) is 9. The highest BCUT2D eigenvalue weighted by molar-refractivity contribution is 8.01. The summed E-state index contributed by atoms with van der Waals surface area (Å²) < 4.78 is 5.65. The maximum absolute atomic E-state index is 12.4. The van der Waals surface area contributed by atoms with E-state index in [1.54, 1.807) is 13.0 Å². The molecule has 3 heterocycles. The first-order valence-electron chi connectivity index (χ1n) is 8.96. The number of nitrogens with one attached hydrogen (secondary N) is 1. The van der Waals surface area contributed by atoms with Crippen LogP contribution in [0.3, 0.4) is 0 Å². The summed E-state index contributed by atoms with van der Waals surface area (Å²) in [6.07, 6.45) is 0. The van der Waals surface area contributed by atoms with Crippen molar-refractivity contribution < 1.29 is 14.1 Å². The Morgan fingerprint density at radius 1 is 1.25 bits per heavy atom. The number of nitrogens with zero attached hydrogens (tertiary/aromatic N) is 5. The van der Waals surface area contributed by atoms with Crippen molar-refractivity contribution in [1.29, 1.82) is 0 Å². The summed E-state index contributed by atoms with van der Waals surface area (Å²) in [5, 5.41) is 15.6. The molecule has 0 aromatic carbocycles. The molecule has 1 saturated heterocycles. The molecule has 11 heteroatoms. The van der Waals surface area contributed by atoms with Crippen molar-refractivity contribution in [2.24, 2.45) is 5.41 Å². The third-order valence-corrected chi connectivity index (χ3v) is 6.21. The van der Waals surface area contributed by atoms with E-state index in [1.807, 2.05) is 25.7 Å². The number of rotatable bonds is 5. The van der Waals surface area contributed by atoms with Crippen molar-refractivity contribution in [3.05, 3.63) is 11.8 Å². The van der Waals surface area contributed by atoms with Crippen LogP contribution in [-0.4, -0.2) is 64.0 Å². The molecule has 1 aliphatic heterocycles. The van der Waals surface area contributed by atoms with Crippen molar-refractivity contribution >= 4 is 45.9 Å². The Morgan fingerprint density at radius 3 is 2.57 bits per heavy atom. The number of anilines is 2. The van der Waals surface area contributed by atoms with E-state index in [4.69, 9.17) is 4.52 Å². The first-order chi connectivity index (χ1) is 13.2. The molecule has 0 saturated carbocycles. The number of aromatic nitrogens is 3. The summed E-state index contributed by atoms with van der Waals surface area (Å²) in [6, 6.07) is 1.66. The van der Waals surface area contributed by atoms with Crippen molar-refractivity contribution in [2.75, 3.05) is 42.1 Å². The van der Waals surface area contributed by atoms with Gasteiger partial charge >= 0.3 is 0 Å². The highest BCUT2D eigenvalue weighted by Crippen LogP contribution is 2.29. The average molecular weight is 425 g/mol. The van der Waals surface area contributed by atoms with Gasteiger partial charge in [-0.05, 0) is 6.92 Å². The number of aryl methyl sites for hydroxylation is 1. The van der Waals surface area contributed by atoms with E-state index in [1.165, 1.54) is 23.1 Å². The normalized spacial score (nSPS) is 15.0. The highest BCUT2D eigenvalue weighted by atomic mass is 32.2. The molecule has 9 nitrogen and oxygen atoms in total. The van der Waals surface area contributed by atoms with Gasteiger partial charge in [-0.25, -0.2) is 0 Å². The van der Waals surface area contributed by atoms with Crippen LogP contribution in [0.25, 0.3) is 0 Å². The fraction of sp³-hybridized carbons (Fsp3) is 0.588. The maximum atomic E-state index is 12.4. The Kier molecular flexibility index (Phi) is 6.23. The predicted octanol–water partition coefficient (Wildman–Crippen LogP) is 2.26. The molecular formula is C17H24N6O3S2. The van der Waals surface area contributed by atoms with E-state index in [0.29, 0.717) is 24.7 Å². The summed E-state index contributed by atoms with van der Waals surface area (Å²) in [4.78, 5) is 28.4. The molecule has 1 fully saturated rings. The minimum absolute atomic E-state index is 0.175. The van der Waals surface area contributed by atoms with E-state index in [2.05, 4.69) is 25.6 Å². The summed E-state index contributed by atoms with van der Waals surface area (Å²) >= 11 is 2.79. The van der Waals surface area contributed by atoms with Crippen molar-refractivity contribution in [3.63, 3.8) is 0 Å². The summed E-state index contributed by atoms with van der Waals surface area (Å²) in [5.41, 5.74) is -0.361. The van der Waals surface area contributed by atoms with Crippen molar-refractivity contribution in [1.82, 2.24) is 20.3 Å². The molecule has 2 aromatic heterocycles.